The molecule has 0 aromatic heterocycles. The van der Waals surface area contributed by atoms with Crippen LogP contribution in [0.2, 0.25) is 0 Å². The van der Waals surface area contributed by atoms with Gasteiger partial charge in [-0.1, -0.05) is 0 Å². The van der Waals surface area contributed by atoms with Gasteiger partial charge in [0.2, 0.25) is 0 Å². The summed E-state index contributed by atoms with van der Waals surface area (Å²) in [6.07, 6.45) is -7.85. The number of benzene rings is 1. The predicted octanol–water partition coefficient (Wildman–Crippen LogP) is 6.49. The molecule has 0 aliphatic rings. The molecule has 0 fully saturated rings. The summed E-state index contributed by atoms with van der Waals surface area (Å²) in [6, 6.07) is 0. The Labute approximate surface area is 192 Å². The van der Waals surface area contributed by atoms with Gasteiger partial charge in [-0.15, -0.1) is 0 Å². The molecule has 0 saturated carbocycles. The van der Waals surface area contributed by atoms with Crippen LogP contribution in [0.15, 0.2) is 0 Å². The van der Waals surface area contributed by atoms with Gasteiger partial charge in [-0.05, 0) is 0 Å². The Morgan fingerprint density at radius 1 is 0.556 bits per heavy atom. The third-order valence-corrected chi connectivity index (χ3v) is 10.1. The molecule has 0 amide bonds. The summed E-state index contributed by atoms with van der Waals surface area (Å²) in [4.78, 5) is 0. The molecule has 0 spiro atoms. The second kappa shape index (κ2) is 9.09. The monoisotopic (exact) mass is 710 g/mol. The summed E-state index contributed by atoms with van der Waals surface area (Å²) in [5.41, 5.74) is 0. The van der Waals surface area contributed by atoms with Crippen LogP contribution in [-0.4, -0.2) is 46.8 Å². The molecule has 1 aromatic carbocycles. The zero-order chi connectivity index (χ0) is 29.2. The van der Waals surface area contributed by atoms with Gasteiger partial charge in [-0.3, -0.25) is 0 Å². The number of hydrogen-bond donors (Lipinski definition) is 1. The Kier molecular flexibility index (Phi) is 8.23. The number of halogens is 19. The molecule has 1 aromatic rings. The van der Waals surface area contributed by atoms with Crippen LogP contribution in [0.25, 0.3) is 0 Å². The predicted molar refractivity (Wildman–Crippen MR) is 82.4 cm³/mol. The van der Waals surface area contributed by atoms with Crippen LogP contribution in [0.5, 0.6) is 0 Å². The first kappa shape index (κ1) is 32.6. The van der Waals surface area contributed by atoms with Gasteiger partial charge in [0.1, 0.15) is 0 Å². The van der Waals surface area contributed by atoms with E-state index >= 15 is 0 Å². The van der Waals surface area contributed by atoms with Crippen molar-refractivity contribution >= 4 is 30.6 Å². The molecule has 0 bridgehead atoms. The maximum absolute atomic E-state index is 14.3. The second-order valence-corrected chi connectivity index (χ2v) is 11.8. The van der Waals surface area contributed by atoms with E-state index in [2.05, 4.69) is 2.51 Å². The van der Waals surface area contributed by atoms with Crippen molar-refractivity contribution in [2.45, 2.75) is 33.8 Å². The molecular weight excluding hydrogens is 709 g/mol. The van der Waals surface area contributed by atoms with Crippen LogP contribution in [0, 0.1) is 32.7 Å². The molecule has 4 nitrogen and oxygen atoms in total. The van der Waals surface area contributed by atoms with Crippen molar-refractivity contribution in [1.82, 2.24) is 0 Å². The summed E-state index contributed by atoms with van der Waals surface area (Å²) < 4.78 is 261. The van der Waals surface area contributed by atoms with Crippen LogP contribution in [-0.2, 0) is 12.9 Å². The first-order chi connectivity index (χ1) is 15.5. The molecule has 36 heavy (non-hydrogen) atoms. The second-order valence-electron chi connectivity index (χ2n) is 5.92. The fourth-order valence-electron chi connectivity index (χ4n) is 1.86. The summed E-state index contributed by atoms with van der Waals surface area (Å²) in [5.74, 6) is -51.4. The van der Waals surface area contributed by atoms with E-state index in [4.69, 9.17) is 4.55 Å². The van der Waals surface area contributed by atoms with Crippen LogP contribution in [0.3, 0.4) is 0 Å². The van der Waals surface area contributed by atoms with E-state index in [0.29, 0.717) is 0 Å². The molecular formula is C12HF18IO4S. The minimum atomic E-state index is -8.63. The first-order valence-corrected chi connectivity index (χ1v) is 11.8. The van der Waals surface area contributed by atoms with Crippen LogP contribution < -0.4 is 0 Å². The van der Waals surface area contributed by atoms with E-state index in [1.165, 1.54) is 0 Å². The number of hydrogen-bond acceptors (Lipinski definition) is 3. The minimum absolute atomic E-state index is 2.68. The Morgan fingerprint density at radius 2 is 0.861 bits per heavy atom. The van der Waals surface area contributed by atoms with E-state index in [0.717, 1.165) is 0 Å². The molecule has 0 saturated heterocycles. The van der Waals surface area contributed by atoms with Crippen molar-refractivity contribution in [2.75, 3.05) is 0 Å². The maximum atomic E-state index is 14.3. The van der Waals surface area contributed by atoms with Gasteiger partial charge in [0.05, 0.1) is 0 Å². The Balaban J connectivity index is 4.07. The van der Waals surface area contributed by atoms with Gasteiger partial charge in [0.15, 0.2) is 0 Å². The van der Waals surface area contributed by atoms with E-state index in [1.54, 1.807) is 0 Å². The zero-order valence-electron chi connectivity index (χ0n) is 15.3. The van der Waals surface area contributed by atoms with E-state index < -0.39 is 97.1 Å². The van der Waals surface area contributed by atoms with E-state index in [1.807, 2.05) is 0 Å². The van der Waals surface area contributed by atoms with Gasteiger partial charge < -0.3 is 0 Å². The average molecular weight is 710 g/mol. The van der Waals surface area contributed by atoms with Crippen molar-refractivity contribution < 1.29 is 94.5 Å². The molecule has 1 N–H and O–H groups in total. The van der Waals surface area contributed by atoms with Gasteiger partial charge in [0.25, 0.3) is 0 Å². The van der Waals surface area contributed by atoms with E-state index in [-0.39, 0.29) is 0 Å². The summed E-state index contributed by atoms with van der Waals surface area (Å²) in [7, 11) is -6.89. The van der Waals surface area contributed by atoms with Crippen LogP contribution in [0.4, 0.5) is 79.0 Å². The molecule has 0 aliphatic carbocycles. The fraction of sp³-hybridized carbons (Fsp3) is 0.500. The topological polar surface area (TPSA) is 63.6 Å². The normalized spacial score (nSPS) is 15.4. The molecule has 0 aliphatic heterocycles. The Morgan fingerprint density at radius 3 is 1.17 bits per heavy atom. The molecule has 0 atom stereocenters. The van der Waals surface area contributed by atoms with Gasteiger partial charge in [-0.2, -0.15) is 0 Å². The molecule has 0 unspecified atom stereocenters. The van der Waals surface area contributed by atoms with E-state index in [9.17, 15) is 87.4 Å². The third-order valence-electron chi connectivity index (χ3n) is 3.58. The fourth-order valence-corrected chi connectivity index (χ4v) is 7.70. The Bertz CT molecular complexity index is 1100. The quantitative estimate of drug-likeness (QED) is 0.0838. The summed E-state index contributed by atoms with van der Waals surface area (Å²) in [6.45, 7) is 0. The van der Waals surface area contributed by atoms with Gasteiger partial charge in [0, 0.05) is 0 Å². The number of alkyl halides is 14. The zero-order valence-corrected chi connectivity index (χ0v) is 18.2. The summed E-state index contributed by atoms with van der Waals surface area (Å²) in [5, 5.41) is 0. The van der Waals surface area contributed by atoms with Crippen LogP contribution >= 0.6 is 20.2 Å². The van der Waals surface area contributed by atoms with Gasteiger partial charge in [-0.25, -0.2) is 0 Å². The van der Waals surface area contributed by atoms with Crippen LogP contribution in [0.1, 0.15) is 0 Å². The van der Waals surface area contributed by atoms with Crippen molar-refractivity contribution in [3.05, 3.63) is 32.7 Å². The third kappa shape index (κ3) is 4.76. The number of rotatable bonds is 8. The van der Waals surface area contributed by atoms with Crippen molar-refractivity contribution in [1.29, 1.82) is 0 Å². The standard InChI is InChI=1S/C12HF18IO4S/c13-1-2(14)4(16)6(5(17)3(1)15)31(35-36(32,33)34)12(29,30)10(24,25)8(20,21)7(18,19)9(22,23)11(26,27)28/h(H,32,33,34). The first-order valence-electron chi connectivity index (χ1n) is 7.37. The molecule has 212 valence electrons. The molecule has 0 heterocycles. The van der Waals surface area contributed by atoms with Crippen molar-refractivity contribution in [2.24, 2.45) is 0 Å². The van der Waals surface area contributed by atoms with Crippen molar-refractivity contribution in [3.8, 4) is 0 Å². The summed E-state index contributed by atoms with van der Waals surface area (Å²) >= 11 is -7.88. The molecule has 0 radical (unpaired) electrons. The molecule has 1 rings (SSSR count). The average Bonchev–Trinajstić information content (AvgIpc) is 2.67. The Hall–Kier alpha value is -1.44. The van der Waals surface area contributed by atoms with Gasteiger partial charge >= 0.3 is 192 Å². The molecule has 24 heteroatoms. The SMILES string of the molecule is O=S(=O)(O)OI(c1c(F)c(F)c(F)c(F)c1F)C(F)(F)C(F)(F)C(F)(F)C(F)(F)C(F)(F)C(F)(F)F. The van der Waals surface area contributed by atoms with Crippen molar-refractivity contribution in [3.63, 3.8) is 0 Å².